The Morgan fingerprint density at radius 1 is 0.462 bits per heavy atom. The molecule has 0 radical (unpaired) electrons. The van der Waals surface area contributed by atoms with Gasteiger partial charge in [-0.1, -0.05) is 54.6 Å². The number of H-pyrrole nitrogens is 2. The number of fused-ring (bicyclic) bond motifs is 6. The molecule has 0 atom stereocenters. The normalized spacial score (nSPS) is 11.1. The molecule has 0 bridgehead atoms. The van der Waals surface area contributed by atoms with Crippen molar-refractivity contribution in [3.63, 3.8) is 0 Å². The lowest BCUT2D eigenvalue weighted by molar-refractivity contribution is 1.35. The van der Waals surface area contributed by atoms with Crippen LogP contribution in [0.1, 0.15) is 0 Å². The van der Waals surface area contributed by atoms with Crippen LogP contribution in [0.25, 0.3) is 43.6 Å². The van der Waals surface area contributed by atoms with E-state index >= 15 is 0 Å². The van der Waals surface area contributed by atoms with Gasteiger partial charge in [0.25, 0.3) is 0 Å². The lowest BCUT2D eigenvalue weighted by atomic mass is 10.2. The Hall–Kier alpha value is -3.59. The fourth-order valence-electron chi connectivity index (χ4n) is 3.50. The van der Waals surface area contributed by atoms with Crippen LogP contribution in [0.5, 0.6) is 0 Å². The molecule has 124 valence electrons. The first-order valence-electron chi connectivity index (χ1n) is 8.66. The highest BCUT2D eigenvalue weighted by atomic mass is 14.7. The van der Waals surface area contributed by atoms with E-state index in [1.807, 2.05) is 24.5 Å². The monoisotopic (exact) mass is 335 g/mol. The van der Waals surface area contributed by atoms with Gasteiger partial charge in [0, 0.05) is 44.3 Å². The minimum Gasteiger partial charge on any atom is -0.355 e. The highest BCUT2D eigenvalue weighted by molar-refractivity contribution is 6.07. The molecule has 0 amide bonds. The second-order valence-corrected chi connectivity index (χ2v) is 6.31. The predicted octanol–water partition coefficient (Wildman–Crippen LogP) is 6.04. The van der Waals surface area contributed by atoms with Gasteiger partial charge in [-0.15, -0.1) is 0 Å². The maximum atomic E-state index is 4.08. The molecule has 0 spiro atoms. The molecule has 6 rings (SSSR count). The van der Waals surface area contributed by atoms with Crippen molar-refractivity contribution in [2.45, 2.75) is 0 Å². The number of nitrogens with zero attached hydrogens (tertiary/aromatic N) is 1. The second-order valence-electron chi connectivity index (χ2n) is 6.31. The summed E-state index contributed by atoms with van der Waals surface area (Å²) in [6, 6.07) is 27.1. The van der Waals surface area contributed by atoms with Crippen molar-refractivity contribution >= 4 is 43.6 Å². The Kier molecular flexibility index (Phi) is 3.42. The molecule has 0 unspecified atom stereocenters. The van der Waals surface area contributed by atoms with Crippen LogP contribution in [-0.4, -0.2) is 15.0 Å². The topological polar surface area (TPSA) is 44.5 Å². The Labute approximate surface area is 150 Å². The maximum Gasteiger partial charge on any atom is 0.0651 e. The summed E-state index contributed by atoms with van der Waals surface area (Å²) in [5.41, 5.74) is 4.70. The third kappa shape index (κ3) is 2.42. The van der Waals surface area contributed by atoms with Crippen LogP contribution in [0.4, 0.5) is 0 Å². The first-order chi connectivity index (χ1) is 12.9. The fourth-order valence-corrected chi connectivity index (χ4v) is 3.50. The minimum absolute atomic E-state index is 1.10. The number of aromatic amines is 2. The number of para-hydroxylation sites is 3. The van der Waals surface area contributed by atoms with E-state index in [0.717, 1.165) is 5.52 Å². The molecule has 3 aromatic carbocycles. The van der Waals surface area contributed by atoms with Crippen molar-refractivity contribution in [2.24, 2.45) is 0 Å². The molecular formula is C23H17N3. The summed E-state index contributed by atoms with van der Waals surface area (Å²) in [6.45, 7) is 0. The van der Waals surface area contributed by atoms with Crippen LogP contribution in [0.15, 0.2) is 91.3 Å². The third-order valence-electron chi connectivity index (χ3n) is 4.72. The van der Waals surface area contributed by atoms with E-state index in [-0.39, 0.29) is 0 Å². The summed E-state index contributed by atoms with van der Waals surface area (Å²) < 4.78 is 0. The first-order valence-corrected chi connectivity index (χ1v) is 8.66. The van der Waals surface area contributed by atoms with E-state index < -0.39 is 0 Å². The van der Waals surface area contributed by atoms with E-state index in [1.165, 1.54) is 38.1 Å². The number of benzene rings is 3. The largest absolute Gasteiger partial charge is 0.355 e. The van der Waals surface area contributed by atoms with Gasteiger partial charge in [0.05, 0.1) is 11.7 Å². The van der Waals surface area contributed by atoms with E-state index in [4.69, 9.17) is 0 Å². The van der Waals surface area contributed by atoms with Crippen molar-refractivity contribution in [2.75, 3.05) is 0 Å². The van der Waals surface area contributed by atoms with Crippen LogP contribution in [0, 0.1) is 0 Å². The summed E-state index contributed by atoms with van der Waals surface area (Å²) in [5.74, 6) is 0. The molecule has 3 nitrogen and oxygen atoms in total. The Balaban J connectivity index is 0.000000115. The zero-order valence-corrected chi connectivity index (χ0v) is 14.1. The van der Waals surface area contributed by atoms with Gasteiger partial charge in [0.2, 0.25) is 0 Å². The van der Waals surface area contributed by atoms with Crippen molar-refractivity contribution in [1.29, 1.82) is 0 Å². The Bertz CT molecular complexity index is 1130. The van der Waals surface area contributed by atoms with Crippen molar-refractivity contribution < 1.29 is 0 Å². The molecule has 0 fully saturated rings. The highest BCUT2D eigenvalue weighted by Crippen LogP contribution is 2.24. The molecule has 0 saturated heterocycles. The van der Waals surface area contributed by atoms with Crippen LogP contribution in [-0.2, 0) is 0 Å². The Morgan fingerprint density at radius 3 is 1.42 bits per heavy atom. The third-order valence-corrected chi connectivity index (χ3v) is 4.72. The standard InChI is InChI=1S/C12H9N.C11H8N2/c1-3-7-11-9(5-1)10-6-2-4-8-12(10)13-11;1-2-4-10-8(3-1)9-5-6-12-7-11(9)13-10/h1-8,13H;1-7,13H. The molecule has 2 N–H and O–H groups in total. The smallest absolute Gasteiger partial charge is 0.0651 e. The molecular weight excluding hydrogens is 318 g/mol. The zero-order chi connectivity index (χ0) is 17.3. The molecule has 26 heavy (non-hydrogen) atoms. The first kappa shape index (κ1) is 14.7. The van der Waals surface area contributed by atoms with Gasteiger partial charge < -0.3 is 9.97 Å². The molecule has 0 aliphatic heterocycles. The number of hydrogen-bond acceptors (Lipinski definition) is 1. The number of hydrogen-bond donors (Lipinski definition) is 2. The molecule has 6 aromatic rings. The molecule has 0 aliphatic carbocycles. The summed E-state index contributed by atoms with van der Waals surface area (Å²) in [5, 5.41) is 5.11. The van der Waals surface area contributed by atoms with E-state index in [9.17, 15) is 0 Å². The number of rotatable bonds is 0. The van der Waals surface area contributed by atoms with E-state index in [1.54, 1.807) is 0 Å². The Morgan fingerprint density at radius 2 is 0.885 bits per heavy atom. The summed E-state index contributed by atoms with van der Waals surface area (Å²) in [4.78, 5) is 10.8. The van der Waals surface area contributed by atoms with E-state index in [2.05, 4.69) is 81.7 Å². The van der Waals surface area contributed by atoms with Gasteiger partial charge in [-0.2, -0.15) is 0 Å². The molecule has 0 aliphatic rings. The molecule has 3 aromatic heterocycles. The lowest BCUT2D eigenvalue weighted by Crippen LogP contribution is -1.68. The zero-order valence-electron chi connectivity index (χ0n) is 14.1. The van der Waals surface area contributed by atoms with Crippen LogP contribution in [0.3, 0.4) is 0 Å². The number of aromatic nitrogens is 3. The summed E-state index contributed by atoms with van der Waals surface area (Å²) in [7, 11) is 0. The predicted molar refractivity (Wildman–Crippen MR) is 109 cm³/mol. The number of pyridine rings is 1. The van der Waals surface area contributed by atoms with Gasteiger partial charge >= 0.3 is 0 Å². The average Bonchev–Trinajstić information content (AvgIpc) is 3.27. The second kappa shape index (κ2) is 6.05. The number of nitrogens with one attached hydrogen (secondary N) is 2. The SMILES string of the molecule is c1ccc2c(c1)[nH]c1ccccc12.c1ccc2c(c1)[nH]c1cnccc12. The molecule has 3 heterocycles. The highest BCUT2D eigenvalue weighted by Gasteiger charge is 2.01. The van der Waals surface area contributed by atoms with Crippen molar-refractivity contribution in [1.82, 2.24) is 15.0 Å². The summed E-state index contributed by atoms with van der Waals surface area (Å²) >= 11 is 0. The van der Waals surface area contributed by atoms with E-state index in [0.29, 0.717) is 0 Å². The maximum absolute atomic E-state index is 4.08. The van der Waals surface area contributed by atoms with Crippen LogP contribution in [0.2, 0.25) is 0 Å². The van der Waals surface area contributed by atoms with Crippen molar-refractivity contribution in [3.05, 3.63) is 91.3 Å². The minimum atomic E-state index is 1.10. The van der Waals surface area contributed by atoms with Gasteiger partial charge in [-0.3, -0.25) is 4.98 Å². The van der Waals surface area contributed by atoms with Gasteiger partial charge in [0.15, 0.2) is 0 Å². The van der Waals surface area contributed by atoms with Crippen LogP contribution < -0.4 is 0 Å². The quantitative estimate of drug-likeness (QED) is 0.349. The van der Waals surface area contributed by atoms with Gasteiger partial charge in [-0.25, -0.2) is 0 Å². The lowest BCUT2D eigenvalue weighted by Gasteiger charge is -1.87. The summed E-state index contributed by atoms with van der Waals surface area (Å²) in [6.07, 6.45) is 3.68. The van der Waals surface area contributed by atoms with Crippen molar-refractivity contribution in [3.8, 4) is 0 Å². The fraction of sp³-hybridized carbons (Fsp3) is 0. The van der Waals surface area contributed by atoms with Crippen LogP contribution >= 0.6 is 0 Å². The van der Waals surface area contributed by atoms with Gasteiger partial charge in [-0.05, 0) is 24.3 Å². The van der Waals surface area contributed by atoms with Gasteiger partial charge in [0.1, 0.15) is 0 Å². The average molecular weight is 335 g/mol. The molecule has 3 heteroatoms. The molecule has 0 saturated carbocycles.